The number of ether oxygens (including phenoxy) is 2. The molecular formula is C10H24O4. The van der Waals surface area contributed by atoms with Crippen molar-refractivity contribution in [3.05, 3.63) is 0 Å². The van der Waals surface area contributed by atoms with Gasteiger partial charge in [0.15, 0.2) is 0 Å². The van der Waals surface area contributed by atoms with E-state index in [9.17, 15) is 0 Å². The minimum absolute atomic E-state index is 0.0278. The number of hydrogen-bond donors (Lipinski definition) is 2. The molecule has 0 saturated heterocycles. The van der Waals surface area contributed by atoms with E-state index in [1.807, 2.05) is 0 Å². The average Bonchev–Trinajstić information content (AvgIpc) is 2.21. The van der Waals surface area contributed by atoms with E-state index < -0.39 is 0 Å². The van der Waals surface area contributed by atoms with Crippen LogP contribution < -0.4 is 0 Å². The van der Waals surface area contributed by atoms with E-state index in [0.717, 1.165) is 26.1 Å². The zero-order valence-corrected chi connectivity index (χ0v) is 9.37. The Labute approximate surface area is 86.8 Å². The molecule has 0 aromatic heterocycles. The van der Waals surface area contributed by atoms with E-state index in [1.165, 1.54) is 0 Å². The molecule has 0 radical (unpaired) electrons. The smallest absolute Gasteiger partial charge is 0.0698 e. The molecule has 0 fully saturated rings. The molecular weight excluding hydrogens is 184 g/mol. The van der Waals surface area contributed by atoms with Crippen molar-refractivity contribution in [3.8, 4) is 0 Å². The highest BCUT2D eigenvalue weighted by atomic mass is 16.5. The lowest BCUT2D eigenvalue weighted by molar-refractivity contribution is 0.0650. The zero-order valence-electron chi connectivity index (χ0n) is 9.37. The van der Waals surface area contributed by atoms with Gasteiger partial charge in [-0.1, -0.05) is 13.8 Å². The lowest BCUT2D eigenvalue weighted by atomic mass is 10.5. The Bertz CT molecular complexity index is 60.5. The minimum atomic E-state index is 0.0278. The van der Waals surface area contributed by atoms with Gasteiger partial charge in [-0.2, -0.15) is 0 Å². The van der Waals surface area contributed by atoms with Gasteiger partial charge in [0.1, 0.15) is 0 Å². The molecule has 0 amide bonds. The fraction of sp³-hybridized carbons (Fsp3) is 1.00. The van der Waals surface area contributed by atoms with E-state index in [4.69, 9.17) is 14.9 Å². The monoisotopic (exact) mass is 208 g/mol. The first-order chi connectivity index (χ1) is 6.83. The van der Waals surface area contributed by atoms with Gasteiger partial charge in [0.2, 0.25) is 0 Å². The topological polar surface area (TPSA) is 58.9 Å². The summed E-state index contributed by atoms with van der Waals surface area (Å²) in [4.78, 5) is 0. The third-order valence-corrected chi connectivity index (χ3v) is 1.17. The third kappa shape index (κ3) is 22.6. The number of aliphatic hydroxyl groups excluding tert-OH is 2. The quantitative estimate of drug-likeness (QED) is 0.580. The van der Waals surface area contributed by atoms with Gasteiger partial charge in [0.05, 0.1) is 26.4 Å². The van der Waals surface area contributed by atoms with E-state index in [0.29, 0.717) is 13.2 Å². The van der Waals surface area contributed by atoms with Crippen LogP contribution in [0.25, 0.3) is 0 Å². The molecule has 0 aromatic rings. The van der Waals surface area contributed by atoms with Crippen molar-refractivity contribution in [1.82, 2.24) is 0 Å². The van der Waals surface area contributed by atoms with Crippen molar-refractivity contribution in [1.29, 1.82) is 0 Å². The van der Waals surface area contributed by atoms with Crippen LogP contribution in [0.4, 0.5) is 0 Å². The minimum Gasteiger partial charge on any atom is -0.394 e. The van der Waals surface area contributed by atoms with Crippen molar-refractivity contribution in [2.45, 2.75) is 26.7 Å². The first kappa shape index (κ1) is 16.3. The Balaban J connectivity index is 0. The Morgan fingerprint density at radius 2 is 1.07 bits per heavy atom. The Hall–Kier alpha value is -0.160. The molecule has 0 aliphatic heterocycles. The molecule has 4 nitrogen and oxygen atoms in total. The summed E-state index contributed by atoms with van der Waals surface area (Å²) >= 11 is 0. The van der Waals surface area contributed by atoms with Gasteiger partial charge in [-0.15, -0.1) is 0 Å². The second-order valence-electron chi connectivity index (χ2n) is 2.67. The predicted molar refractivity (Wildman–Crippen MR) is 56.4 cm³/mol. The van der Waals surface area contributed by atoms with Crippen LogP contribution in [0.15, 0.2) is 0 Å². The van der Waals surface area contributed by atoms with Gasteiger partial charge >= 0.3 is 0 Å². The first-order valence-corrected chi connectivity index (χ1v) is 5.20. The molecule has 0 aromatic carbocycles. The van der Waals surface area contributed by atoms with Crippen LogP contribution >= 0.6 is 0 Å². The van der Waals surface area contributed by atoms with Crippen molar-refractivity contribution >= 4 is 0 Å². The van der Waals surface area contributed by atoms with Gasteiger partial charge in [-0.25, -0.2) is 0 Å². The Morgan fingerprint density at radius 3 is 1.36 bits per heavy atom. The summed E-state index contributed by atoms with van der Waals surface area (Å²) in [5.74, 6) is 0. The molecule has 0 saturated carbocycles. The number of hydrogen-bond acceptors (Lipinski definition) is 4. The normalized spacial score (nSPS) is 9.43. The van der Waals surface area contributed by atoms with Crippen molar-refractivity contribution in [2.75, 3.05) is 39.6 Å². The van der Waals surface area contributed by atoms with E-state index >= 15 is 0 Å². The summed E-state index contributed by atoms with van der Waals surface area (Å²) in [6.45, 7) is 6.79. The summed E-state index contributed by atoms with van der Waals surface area (Å²) in [6, 6.07) is 0. The fourth-order valence-corrected chi connectivity index (χ4v) is 0.622. The largest absolute Gasteiger partial charge is 0.394 e. The van der Waals surface area contributed by atoms with Crippen LogP contribution in [-0.4, -0.2) is 49.9 Å². The molecule has 0 heterocycles. The highest BCUT2D eigenvalue weighted by molar-refractivity contribution is 4.25. The highest BCUT2D eigenvalue weighted by Crippen LogP contribution is 1.81. The Morgan fingerprint density at radius 1 is 0.714 bits per heavy atom. The predicted octanol–water partition coefficient (Wildman–Crippen LogP) is 0.811. The van der Waals surface area contributed by atoms with Gasteiger partial charge < -0.3 is 19.7 Å². The van der Waals surface area contributed by atoms with Crippen LogP contribution in [0, 0.1) is 0 Å². The summed E-state index contributed by atoms with van der Waals surface area (Å²) in [6.07, 6.45) is 2.28. The van der Waals surface area contributed by atoms with Gasteiger partial charge in [0.25, 0.3) is 0 Å². The fourth-order valence-electron chi connectivity index (χ4n) is 0.622. The molecule has 14 heavy (non-hydrogen) atoms. The lowest BCUT2D eigenvalue weighted by Gasteiger charge is -1.95. The summed E-state index contributed by atoms with van der Waals surface area (Å²) < 4.78 is 9.76. The Kier molecular flexibility index (Phi) is 21.6. The van der Waals surface area contributed by atoms with Crippen molar-refractivity contribution in [2.24, 2.45) is 0 Å². The third-order valence-electron chi connectivity index (χ3n) is 1.17. The first-order valence-electron chi connectivity index (χ1n) is 5.20. The van der Waals surface area contributed by atoms with E-state index in [2.05, 4.69) is 18.6 Å². The SMILES string of the molecule is CCCOCCC.OCCOCCO. The van der Waals surface area contributed by atoms with Gasteiger partial charge in [-0.3, -0.25) is 0 Å². The zero-order chi connectivity index (χ0) is 11.1. The summed E-state index contributed by atoms with van der Waals surface area (Å²) in [5, 5.41) is 16.2. The van der Waals surface area contributed by atoms with Gasteiger partial charge in [0, 0.05) is 13.2 Å². The van der Waals surface area contributed by atoms with Crippen molar-refractivity contribution in [3.63, 3.8) is 0 Å². The molecule has 0 spiro atoms. The molecule has 2 N–H and O–H groups in total. The number of rotatable bonds is 8. The number of aliphatic hydroxyl groups is 2. The molecule has 0 bridgehead atoms. The van der Waals surface area contributed by atoms with Crippen LogP contribution in [0.2, 0.25) is 0 Å². The maximum Gasteiger partial charge on any atom is 0.0698 e. The van der Waals surface area contributed by atoms with Crippen LogP contribution in [0.3, 0.4) is 0 Å². The molecule has 0 aliphatic rings. The van der Waals surface area contributed by atoms with Crippen molar-refractivity contribution < 1.29 is 19.7 Å². The highest BCUT2D eigenvalue weighted by Gasteiger charge is 1.79. The molecule has 0 unspecified atom stereocenters. The summed E-state index contributed by atoms with van der Waals surface area (Å²) in [7, 11) is 0. The van der Waals surface area contributed by atoms with Crippen LogP contribution in [0.5, 0.6) is 0 Å². The maximum atomic E-state index is 8.09. The molecule has 0 atom stereocenters. The van der Waals surface area contributed by atoms with E-state index in [-0.39, 0.29) is 13.2 Å². The molecule has 0 aliphatic carbocycles. The lowest BCUT2D eigenvalue weighted by Crippen LogP contribution is -2.03. The molecule has 88 valence electrons. The molecule has 0 rings (SSSR count). The van der Waals surface area contributed by atoms with Crippen LogP contribution in [-0.2, 0) is 9.47 Å². The maximum absolute atomic E-state index is 8.09. The van der Waals surface area contributed by atoms with Crippen LogP contribution in [0.1, 0.15) is 26.7 Å². The second-order valence-corrected chi connectivity index (χ2v) is 2.67. The summed E-state index contributed by atoms with van der Waals surface area (Å²) in [5.41, 5.74) is 0. The van der Waals surface area contributed by atoms with Gasteiger partial charge in [-0.05, 0) is 12.8 Å². The average molecular weight is 208 g/mol. The second kappa shape index (κ2) is 18.6. The standard InChI is InChI=1S/C6H14O.C4H10O3/c1-3-5-7-6-4-2;5-1-3-7-4-2-6/h3-6H2,1-2H3;5-6H,1-4H2. The molecule has 4 heteroatoms. The van der Waals surface area contributed by atoms with E-state index in [1.54, 1.807) is 0 Å².